The Balaban J connectivity index is 1.12. The second kappa shape index (κ2) is 9.25. The van der Waals surface area contributed by atoms with Crippen LogP contribution in [0.25, 0.3) is 11.4 Å². The van der Waals surface area contributed by atoms with E-state index in [4.69, 9.17) is 14.0 Å². The number of likely N-dealkylation sites (tertiary alicyclic amines) is 1. The van der Waals surface area contributed by atoms with Gasteiger partial charge in [-0.2, -0.15) is 4.98 Å². The summed E-state index contributed by atoms with van der Waals surface area (Å²) in [5, 5.41) is 7.20. The molecule has 5 rings (SSSR count). The van der Waals surface area contributed by atoms with Gasteiger partial charge in [0.1, 0.15) is 5.82 Å². The van der Waals surface area contributed by atoms with Crippen LogP contribution in [0, 0.1) is 5.82 Å². The third kappa shape index (κ3) is 4.84. The van der Waals surface area contributed by atoms with E-state index < -0.39 is 5.79 Å². The van der Waals surface area contributed by atoms with Crippen LogP contribution in [0.15, 0.2) is 28.8 Å². The number of nitrogens with one attached hydrogen (secondary N) is 1. The molecule has 1 aromatic heterocycles. The molecule has 3 aliphatic rings. The van der Waals surface area contributed by atoms with Gasteiger partial charge >= 0.3 is 0 Å². The summed E-state index contributed by atoms with van der Waals surface area (Å²) in [5.74, 6) is 0.308. The molecule has 1 aliphatic carbocycles. The fourth-order valence-electron chi connectivity index (χ4n) is 5.01. The van der Waals surface area contributed by atoms with Crippen molar-refractivity contribution in [2.24, 2.45) is 0 Å². The van der Waals surface area contributed by atoms with Crippen LogP contribution in [0.1, 0.15) is 50.3 Å². The van der Waals surface area contributed by atoms with Crippen LogP contribution < -0.4 is 5.32 Å². The monoisotopic (exact) mass is 444 g/mol. The molecular weight excluding hydrogens is 415 g/mol. The Bertz CT molecular complexity index is 936. The zero-order chi connectivity index (χ0) is 22.0. The highest BCUT2D eigenvalue weighted by Crippen LogP contribution is 2.35. The molecule has 3 fully saturated rings. The third-order valence-electron chi connectivity index (χ3n) is 6.67. The highest BCUT2D eigenvalue weighted by molar-refractivity contribution is 5.78. The van der Waals surface area contributed by atoms with Gasteiger partial charge in [0, 0.05) is 31.0 Å². The summed E-state index contributed by atoms with van der Waals surface area (Å²) in [7, 11) is 0. The van der Waals surface area contributed by atoms with E-state index in [1.165, 1.54) is 12.1 Å². The molecule has 1 spiro atoms. The third-order valence-corrected chi connectivity index (χ3v) is 6.67. The number of halogens is 1. The molecule has 2 saturated heterocycles. The number of benzene rings is 1. The SMILES string of the molecule is O=C(CN1CCCC(c2nc(-c3cccc(F)c3)no2)C1)NC1CCC2(CC1)OCCO2. The smallest absolute Gasteiger partial charge is 0.234 e. The Hall–Kier alpha value is -2.36. The second-order valence-electron chi connectivity index (χ2n) is 8.99. The van der Waals surface area contributed by atoms with Crippen molar-refractivity contribution < 1.29 is 23.2 Å². The van der Waals surface area contributed by atoms with Gasteiger partial charge in [-0.1, -0.05) is 17.3 Å². The molecule has 0 radical (unpaired) electrons. The molecule has 8 nitrogen and oxygen atoms in total. The second-order valence-corrected chi connectivity index (χ2v) is 8.99. The van der Waals surface area contributed by atoms with Crippen LogP contribution in [-0.4, -0.2) is 65.6 Å². The van der Waals surface area contributed by atoms with E-state index in [2.05, 4.69) is 20.4 Å². The van der Waals surface area contributed by atoms with E-state index in [9.17, 15) is 9.18 Å². The van der Waals surface area contributed by atoms with Crippen molar-refractivity contribution in [1.82, 2.24) is 20.4 Å². The molecule has 1 saturated carbocycles. The number of ether oxygens (including phenoxy) is 2. The van der Waals surface area contributed by atoms with Crippen LogP contribution in [0.4, 0.5) is 4.39 Å². The van der Waals surface area contributed by atoms with Gasteiger partial charge < -0.3 is 19.3 Å². The van der Waals surface area contributed by atoms with E-state index >= 15 is 0 Å². The van der Waals surface area contributed by atoms with Crippen molar-refractivity contribution in [3.8, 4) is 11.4 Å². The van der Waals surface area contributed by atoms with Gasteiger partial charge in [0.2, 0.25) is 17.6 Å². The van der Waals surface area contributed by atoms with Crippen LogP contribution in [-0.2, 0) is 14.3 Å². The van der Waals surface area contributed by atoms with E-state index in [0.717, 1.165) is 45.1 Å². The first-order chi connectivity index (χ1) is 15.6. The van der Waals surface area contributed by atoms with E-state index in [0.29, 0.717) is 43.6 Å². The molecule has 1 amide bonds. The maximum Gasteiger partial charge on any atom is 0.234 e. The fraction of sp³-hybridized carbons (Fsp3) is 0.609. The minimum atomic E-state index is -0.407. The zero-order valence-corrected chi connectivity index (χ0v) is 18.1. The molecule has 172 valence electrons. The normalized spacial score (nSPS) is 24.1. The maximum atomic E-state index is 13.5. The molecule has 1 aromatic carbocycles. The van der Waals surface area contributed by atoms with Crippen LogP contribution in [0.2, 0.25) is 0 Å². The van der Waals surface area contributed by atoms with Gasteiger partial charge in [0.25, 0.3) is 0 Å². The number of piperidine rings is 1. The Labute approximate surface area is 186 Å². The van der Waals surface area contributed by atoms with Crippen LogP contribution >= 0.6 is 0 Å². The quantitative estimate of drug-likeness (QED) is 0.758. The standard InChI is InChI=1S/C23H29FN4O4/c24-18-5-1-3-16(13-18)21-26-22(32-27-21)17-4-2-10-28(14-17)15-20(29)25-19-6-8-23(9-7-19)30-11-12-31-23/h1,3,5,13,17,19H,2,4,6-12,14-15H2,(H,25,29). The number of amides is 1. The topological polar surface area (TPSA) is 89.7 Å². The lowest BCUT2D eigenvalue weighted by atomic mass is 9.90. The summed E-state index contributed by atoms with van der Waals surface area (Å²) in [6.07, 6.45) is 5.28. The van der Waals surface area contributed by atoms with Crippen molar-refractivity contribution in [2.75, 3.05) is 32.8 Å². The van der Waals surface area contributed by atoms with Crippen molar-refractivity contribution >= 4 is 5.91 Å². The molecule has 9 heteroatoms. The summed E-state index contributed by atoms with van der Waals surface area (Å²) in [4.78, 5) is 19.3. The molecule has 1 atom stereocenters. The van der Waals surface area contributed by atoms with Gasteiger partial charge in [-0.05, 0) is 44.4 Å². The number of hydrogen-bond donors (Lipinski definition) is 1. The predicted molar refractivity (Wildman–Crippen MR) is 113 cm³/mol. The van der Waals surface area contributed by atoms with Gasteiger partial charge in [-0.15, -0.1) is 0 Å². The highest BCUT2D eigenvalue weighted by Gasteiger charge is 2.40. The minimum Gasteiger partial charge on any atom is -0.352 e. The first-order valence-corrected chi connectivity index (χ1v) is 11.5. The fourth-order valence-corrected chi connectivity index (χ4v) is 5.01. The average Bonchev–Trinajstić information content (AvgIpc) is 3.46. The summed E-state index contributed by atoms with van der Waals surface area (Å²) >= 11 is 0. The summed E-state index contributed by atoms with van der Waals surface area (Å²) in [6, 6.07) is 6.33. The molecule has 1 unspecified atom stereocenters. The first-order valence-electron chi connectivity index (χ1n) is 11.5. The number of carbonyl (C=O) groups is 1. The Morgan fingerprint density at radius 2 is 2.03 bits per heavy atom. The van der Waals surface area contributed by atoms with E-state index in [1.54, 1.807) is 12.1 Å². The molecule has 2 aliphatic heterocycles. The lowest BCUT2D eigenvalue weighted by Crippen LogP contribution is -2.48. The number of hydrogen-bond acceptors (Lipinski definition) is 7. The highest BCUT2D eigenvalue weighted by atomic mass is 19.1. The van der Waals surface area contributed by atoms with E-state index in [1.807, 2.05) is 0 Å². The lowest BCUT2D eigenvalue weighted by Gasteiger charge is -2.36. The molecular formula is C23H29FN4O4. The summed E-state index contributed by atoms with van der Waals surface area (Å²) < 4.78 is 30.5. The molecule has 3 heterocycles. The van der Waals surface area contributed by atoms with Crippen molar-refractivity contribution in [2.45, 2.75) is 56.3 Å². The maximum absolute atomic E-state index is 13.5. The number of aromatic nitrogens is 2. The minimum absolute atomic E-state index is 0.0471. The largest absolute Gasteiger partial charge is 0.352 e. The van der Waals surface area contributed by atoms with E-state index in [-0.39, 0.29) is 23.7 Å². The number of nitrogens with zero attached hydrogens (tertiary/aromatic N) is 3. The molecule has 0 bridgehead atoms. The Kier molecular flexibility index (Phi) is 6.21. The van der Waals surface area contributed by atoms with Gasteiger partial charge in [-0.25, -0.2) is 4.39 Å². The number of carbonyl (C=O) groups excluding carboxylic acids is 1. The average molecular weight is 445 g/mol. The predicted octanol–water partition coefficient (Wildman–Crippen LogP) is 2.86. The lowest BCUT2D eigenvalue weighted by molar-refractivity contribution is -0.180. The summed E-state index contributed by atoms with van der Waals surface area (Å²) in [5.41, 5.74) is 0.592. The Morgan fingerprint density at radius 1 is 1.22 bits per heavy atom. The van der Waals surface area contributed by atoms with Gasteiger partial charge in [-0.3, -0.25) is 9.69 Å². The first kappa shape index (κ1) is 21.5. The van der Waals surface area contributed by atoms with Crippen molar-refractivity contribution in [1.29, 1.82) is 0 Å². The zero-order valence-electron chi connectivity index (χ0n) is 18.1. The molecule has 1 N–H and O–H groups in total. The van der Waals surface area contributed by atoms with Gasteiger partial charge in [0.15, 0.2) is 5.79 Å². The van der Waals surface area contributed by atoms with Crippen LogP contribution in [0.5, 0.6) is 0 Å². The Morgan fingerprint density at radius 3 is 2.81 bits per heavy atom. The van der Waals surface area contributed by atoms with Gasteiger partial charge in [0.05, 0.1) is 25.7 Å². The van der Waals surface area contributed by atoms with Crippen molar-refractivity contribution in [3.05, 3.63) is 36.0 Å². The van der Waals surface area contributed by atoms with Crippen molar-refractivity contribution in [3.63, 3.8) is 0 Å². The van der Waals surface area contributed by atoms with Crippen LogP contribution in [0.3, 0.4) is 0 Å². The molecule has 32 heavy (non-hydrogen) atoms. The summed E-state index contributed by atoms with van der Waals surface area (Å²) in [6.45, 7) is 3.24. The molecule has 2 aromatic rings. The number of rotatable bonds is 5.